The molecule has 0 spiro atoms. The molecule has 0 aliphatic heterocycles. The third kappa shape index (κ3) is 5.45. The number of carbonyl (C=O) groups is 1. The van der Waals surface area contributed by atoms with Crippen molar-refractivity contribution in [2.24, 2.45) is 0 Å². The Labute approximate surface area is 177 Å². The van der Waals surface area contributed by atoms with Crippen LogP contribution in [0.2, 0.25) is 39.3 Å². The molecule has 1 aromatic carbocycles. The fourth-order valence-corrected chi connectivity index (χ4v) is 6.80. The number of furan rings is 1. The molecule has 1 aliphatic carbocycles. The number of para-hydroxylation sites is 1. The minimum Gasteiger partial charge on any atom is 0 e. The van der Waals surface area contributed by atoms with E-state index in [0.29, 0.717) is 0 Å². The zero-order valence-electron chi connectivity index (χ0n) is 16.7. The molecule has 1 aromatic heterocycles. The number of carbonyl (C=O) groups excluding carboxylic acids is 1. The topological polar surface area (TPSA) is 89.9 Å². The number of benzene rings is 1. The molecule has 2 aromatic rings. The molecule has 0 atom stereocenters. The van der Waals surface area contributed by atoms with Crippen molar-refractivity contribution in [3.63, 3.8) is 0 Å². The molecule has 0 fully saturated rings. The molecule has 0 amide bonds. The van der Waals surface area contributed by atoms with Crippen LogP contribution in [-0.2, 0) is 35.8 Å². The molecule has 1 aliphatic rings. The van der Waals surface area contributed by atoms with Gasteiger partial charge in [0, 0.05) is 32.9 Å². The minimum absolute atomic E-state index is 0. The van der Waals surface area contributed by atoms with E-state index in [1.165, 1.54) is 0 Å². The first kappa shape index (κ1) is 28.6. The Kier molecular flexibility index (Phi) is 11.6. The van der Waals surface area contributed by atoms with Crippen LogP contribution in [0, 0.1) is 20.0 Å². The van der Waals surface area contributed by atoms with Crippen molar-refractivity contribution in [3.05, 3.63) is 54.9 Å². The van der Waals surface area contributed by atoms with Crippen molar-refractivity contribution in [2.75, 3.05) is 0 Å². The zero-order valence-corrected chi connectivity index (χ0v) is 19.8. The van der Waals surface area contributed by atoms with Crippen molar-refractivity contribution >= 4 is 43.3 Å². The average molecular weight is 454 g/mol. The molecular formula is C20H22FeO5Si2. The van der Waals surface area contributed by atoms with Gasteiger partial charge in [-0.2, -0.15) is 0 Å². The summed E-state index contributed by atoms with van der Waals surface area (Å²) in [6.45, 7) is 26.9. The number of ketones is 1. The van der Waals surface area contributed by atoms with Gasteiger partial charge in [-0.05, 0) is 11.3 Å². The predicted molar refractivity (Wildman–Crippen MR) is 106 cm³/mol. The van der Waals surface area contributed by atoms with Crippen LogP contribution < -0.4 is 10.6 Å². The summed E-state index contributed by atoms with van der Waals surface area (Å²) in [5, 5.41) is 4.24. The van der Waals surface area contributed by atoms with Gasteiger partial charge >= 0.3 is 33.9 Å². The molecule has 0 saturated carbocycles. The Morgan fingerprint density at radius 3 is 1.64 bits per heavy atom. The van der Waals surface area contributed by atoms with Crippen molar-refractivity contribution < 1.29 is 40.2 Å². The van der Waals surface area contributed by atoms with Crippen LogP contribution in [0.1, 0.15) is 0 Å². The van der Waals surface area contributed by atoms with Gasteiger partial charge in [-0.15, -0.1) is 0 Å². The molecule has 5 nitrogen and oxygen atoms in total. The number of rotatable bonds is 2. The van der Waals surface area contributed by atoms with Crippen LogP contribution in [0.3, 0.4) is 0 Å². The predicted octanol–water partition coefficient (Wildman–Crippen LogP) is 2.96. The summed E-state index contributed by atoms with van der Waals surface area (Å²) in [5.74, 6) is 0.271. The summed E-state index contributed by atoms with van der Waals surface area (Å²) >= 11 is 0. The zero-order chi connectivity index (χ0) is 21.6. The van der Waals surface area contributed by atoms with E-state index >= 15 is 0 Å². The van der Waals surface area contributed by atoms with Crippen LogP contribution in [0.15, 0.2) is 28.7 Å². The largest absolute Gasteiger partial charge is 0 e. The molecule has 1 heterocycles. The van der Waals surface area contributed by atoms with Crippen LogP contribution in [0.4, 0.5) is 0 Å². The van der Waals surface area contributed by atoms with Gasteiger partial charge in [0.05, 0.1) is 16.1 Å². The molecule has 0 unspecified atom stereocenters. The smallest absolute Gasteiger partial charge is 0 e. The molecule has 0 saturated heterocycles. The third-order valence-corrected chi connectivity index (χ3v) is 7.96. The second-order valence-electron chi connectivity index (χ2n) is 7.88. The van der Waals surface area contributed by atoms with Gasteiger partial charge < -0.3 is 4.42 Å². The van der Waals surface area contributed by atoms with Gasteiger partial charge in [-0.3, -0.25) is 4.79 Å². The summed E-state index contributed by atoms with van der Waals surface area (Å²) in [6.07, 6.45) is 0. The van der Waals surface area contributed by atoms with Crippen molar-refractivity contribution in [1.82, 2.24) is 0 Å². The molecule has 148 valence electrons. The van der Waals surface area contributed by atoms with E-state index in [9.17, 15) is 4.79 Å². The molecular weight excluding hydrogens is 432 g/mol. The molecule has 0 N–H and O–H groups in total. The van der Waals surface area contributed by atoms with E-state index in [4.69, 9.17) is 18.4 Å². The van der Waals surface area contributed by atoms with Gasteiger partial charge in [0.15, 0.2) is 5.78 Å². The van der Waals surface area contributed by atoms with E-state index in [-0.39, 0.29) is 22.9 Å². The maximum atomic E-state index is 13.1. The quantitative estimate of drug-likeness (QED) is 0.397. The standard InChI is InChI=1S/C17H22O2Si2.3CO.Fe/c1-20(2,3)16-13-11-9-7-8-10-12(11)19-15(13)17(14(16)18)21(4,5)6;3*1-2;/h7-10H,1-6H3;;;;. The van der Waals surface area contributed by atoms with Crippen molar-refractivity contribution in [3.8, 4) is 0 Å². The summed E-state index contributed by atoms with van der Waals surface area (Å²) in [7, 11) is -3.48. The van der Waals surface area contributed by atoms with Gasteiger partial charge in [-0.1, -0.05) is 57.5 Å². The van der Waals surface area contributed by atoms with E-state index < -0.39 is 16.1 Å². The van der Waals surface area contributed by atoms with Gasteiger partial charge in [0.25, 0.3) is 0 Å². The van der Waals surface area contributed by atoms with Crippen LogP contribution >= 0.6 is 0 Å². The monoisotopic (exact) mass is 454 g/mol. The van der Waals surface area contributed by atoms with E-state index in [1.54, 1.807) is 0 Å². The Morgan fingerprint density at radius 1 is 0.786 bits per heavy atom. The summed E-state index contributed by atoms with van der Waals surface area (Å²) in [5.41, 5.74) is 1.78. The first-order valence-electron chi connectivity index (χ1n) is 8.05. The fraction of sp³-hybridized carbons (Fsp3) is 0.300. The van der Waals surface area contributed by atoms with Crippen molar-refractivity contribution in [1.29, 1.82) is 0 Å². The van der Waals surface area contributed by atoms with Crippen molar-refractivity contribution in [2.45, 2.75) is 39.3 Å². The fourth-order valence-electron chi connectivity index (χ4n) is 3.21. The Morgan fingerprint density at radius 2 is 1.21 bits per heavy atom. The van der Waals surface area contributed by atoms with Gasteiger partial charge in [0.1, 0.15) is 11.0 Å². The summed E-state index contributed by atoms with van der Waals surface area (Å²) < 4.78 is 28.6. The van der Waals surface area contributed by atoms with Gasteiger partial charge in [-0.25, -0.2) is 0 Å². The average Bonchev–Trinajstić information content (AvgIpc) is 3.11. The van der Waals surface area contributed by atoms with E-state index in [2.05, 4.69) is 65.3 Å². The minimum atomic E-state index is -1.75. The third-order valence-electron chi connectivity index (χ3n) is 4.03. The number of Topliss-reactive ketones (excluding diaryl/α,β-unsaturated/α-hetero) is 1. The normalized spacial score (nSPS) is 12.2. The second-order valence-corrected chi connectivity index (χ2v) is 17.9. The first-order chi connectivity index (χ1) is 12.6. The molecule has 28 heavy (non-hydrogen) atoms. The Balaban J connectivity index is 0. The van der Waals surface area contributed by atoms with Gasteiger partial charge in [0.2, 0.25) is 0 Å². The maximum absolute atomic E-state index is 13.1. The Bertz CT molecular complexity index is 1000. The molecule has 3 rings (SSSR count). The second kappa shape index (κ2) is 11.4. The Hall–Kier alpha value is -1.66. The van der Waals surface area contributed by atoms with Crippen LogP contribution in [0.25, 0.3) is 21.4 Å². The number of hydrogen-bond acceptors (Lipinski definition) is 2. The SMILES string of the molecule is C[Si](C)(C)C1=c2oc3ccccc3c2=C([Si](C)(C)C)C1=O.[C-]#[O+].[C-]#[O+].[C-]#[O+].[Fe]. The molecule has 8 heteroatoms. The number of fused-ring (bicyclic) bond motifs is 3. The maximum Gasteiger partial charge on any atom is 0 e. The number of hydrogen-bond donors (Lipinski definition) is 0. The van der Waals surface area contributed by atoms with E-state index in [0.717, 1.165) is 32.0 Å². The summed E-state index contributed by atoms with van der Waals surface area (Å²) in [4.78, 5) is 13.1. The molecule has 0 radical (unpaired) electrons. The van der Waals surface area contributed by atoms with Crippen LogP contribution in [-0.4, -0.2) is 21.9 Å². The van der Waals surface area contributed by atoms with Crippen LogP contribution in [0.5, 0.6) is 0 Å². The molecule has 0 bridgehead atoms. The summed E-state index contributed by atoms with van der Waals surface area (Å²) in [6, 6.07) is 8.10. The first-order valence-corrected chi connectivity index (χ1v) is 15.1. The van der Waals surface area contributed by atoms with E-state index in [1.807, 2.05) is 18.2 Å².